The van der Waals surface area contributed by atoms with Crippen LogP contribution in [0.3, 0.4) is 0 Å². The van der Waals surface area contributed by atoms with Gasteiger partial charge in [-0.1, -0.05) is 6.07 Å². The Hall–Kier alpha value is -2.36. The maximum absolute atomic E-state index is 13.4. The van der Waals surface area contributed by atoms with Gasteiger partial charge in [0.05, 0.1) is 0 Å². The molecule has 0 aliphatic rings. The molecule has 0 aliphatic heterocycles. The Balaban J connectivity index is 2.38. The Kier molecular flexibility index (Phi) is 4.03. The predicted octanol–water partition coefficient (Wildman–Crippen LogP) is 3.51. The summed E-state index contributed by atoms with van der Waals surface area (Å²) in [4.78, 5) is 14.0. The molecule has 0 saturated heterocycles. The Morgan fingerprint density at radius 2 is 2.00 bits per heavy atom. The van der Waals surface area contributed by atoms with Crippen molar-refractivity contribution in [3.8, 4) is 5.75 Å². The second-order valence-corrected chi connectivity index (χ2v) is 4.59. The Bertz CT molecular complexity index is 620. The number of carbonyl (C=O) groups excluding carboxylic acids is 1. The molecule has 0 heterocycles. The first kappa shape index (κ1) is 14.1. The summed E-state index contributed by atoms with van der Waals surface area (Å²) in [6, 6.07) is 10.7. The molecule has 3 nitrogen and oxygen atoms in total. The summed E-state index contributed by atoms with van der Waals surface area (Å²) < 4.78 is 13.4. The molecule has 4 heteroatoms. The number of anilines is 1. The van der Waals surface area contributed by atoms with Gasteiger partial charge in [0.25, 0.3) is 5.91 Å². The molecular weight excluding hydrogens is 257 g/mol. The van der Waals surface area contributed by atoms with Gasteiger partial charge < -0.3 is 10.0 Å². The van der Waals surface area contributed by atoms with E-state index in [-0.39, 0.29) is 11.7 Å². The average molecular weight is 273 g/mol. The molecule has 1 amide bonds. The Labute approximate surface area is 117 Å². The van der Waals surface area contributed by atoms with E-state index in [1.165, 1.54) is 29.2 Å². The normalized spacial score (nSPS) is 10.3. The van der Waals surface area contributed by atoms with Gasteiger partial charge in [-0.3, -0.25) is 4.79 Å². The summed E-state index contributed by atoms with van der Waals surface area (Å²) in [6.45, 7) is 4.00. The number of hydrogen-bond acceptors (Lipinski definition) is 2. The van der Waals surface area contributed by atoms with Crippen molar-refractivity contribution in [1.29, 1.82) is 0 Å². The highest BCUT2D eigenvalue weighted by atomic mass is 19.1. The third-order valence-corrected chi connectivity index (χ3v) is 2.99. The molecule has 0 aliphatic carbocycles. The molecule has 1 N–H and O–H groups in total. The van der Waals surface area contributed by atoms with Gasteiger partial charge in [-0.25, -0.2) is 4.39 Å². The summed E-state index contributed by atoms with van der Waals surface area (Å²) in [6.07, 6.45) is 0. The molecule has 0 atom stereocenters. The number of amides is 1. The molecule has 2 rings (SSSR count). The molecule has 0 bridgehead atoms. The number of halogens is 1. The first-order chi connectivity index (χ1) is 9.51. The highest BCUT2D eigenvalue weighted by molar-refractivity contribution is 6.06. The van der Waals surface area contributed by atoms with Crippen LogP contribution in [0.15, 0.2) is 42.5 Å². The monoisotopic (exact) mass is 273 g/mol. The number of phenols is 1. The average Bonchev–Trinajstić information content (AvgIpc) is 2.38. The quantitative estimate of drug-likeness (QED) is 0.929. The summed E-state index contributed by atoms with van der Waals surface area (Å²) in [5.74, 6) is -0.634. The molecule has 20 heavy (non-hydrogen) atoms. The molecular formula is C16H16FNO2. The van der Waals surface area contributed by atoms with Crippen LogP contribution in [0.1, 0.15) is 22.8 Å². The van der Waals surface area contributed by atoms with Gasteiger partial charge >= 0.3 is 0 Å². The van der Waals surface area contributed by atoms with Crippen LogP contribution in [0.5, 0.6) is 5.75 Å². The van der Waals surface area contributed by atoms with Crippen molar-refractivity contribution in [2.45, 2.75) is 13.8 Å². The van der Waals surface area contributed by atoms with Crippen molar-refractivity contribution < 1.29 is 14.3 Å². The van der Waals surface area contributed by atoms with E-state index in [1.54, 1.807) is 25.1 Å². The zero-order chi connectivity index (χ0) is 14.7. The smallest absolute Gasteiger partial charge is 0.258 e. The summed E-state index contributed by atoms with van der Waals surface area (Å²) in [7, 11) is 0. The van der Waals surface area contributed by atoms with Crippen molar-refractivity contribution >= 4 is 11.6 Å². The fraction of sp³-hybridized carbons (Fsp3) is 0.188. The van der Waals surface area contributed by atoms with Gasteiger partial charge in [0.15, 0.2) is 0 Å². The van der Waals surface area contributed by atoms with Crippen LogP contribution < -0.4 is 4.90 Å². The maximum Gasteiger partial charge on any atom is 0.258 e. The number of hydrogen-bond donors (Lipinski definition) is 1. The number of aryl methyl sites for hydroxylation is 1. The van der Waals surface area contributed by atoms with Crippen molar-refractivity contribution in [2.24, 2.45) is 0 Å². The van der Waals surface area contributed by atoms with E-state index >= 15 is 0 Å². The van der Waals surface area contributed by atoms with E-state index in [9.17, 15) is 14.3 Å². The van der Waals surface area contributed by atoms with Gasteiger partial charge in [0.1, 0.15) is 11.6 Å². The van der Waals surface area contributed by atoms with Gasteiger partial charge in [0.2, 0.25) is 0 Å². The standard InChI is InChI=1S/C16H16FNO2/c1-3-18(14-5-4-6-15(19)10-14)16(20)12-7-11(2)8-13(17)9-12/h4-10,19H,3H2,1-2H3. The minimum absolute atomic E-state index is 0.0872. The summed E-state index contributed by atoms with van der Waals surface area (Å²) in [5.41, 5.74) is 1.58. The Morgan fingerprint density at radius 3 is 2.60 bits per heavy atom. The minimum atomic E-state index is -0.430. The predicted molar refractivity (Wildman–Crippen MR) is 76.6 cm³/mol. The molecule has 104 valence electrons. The Morgan fingerprint density at radius 1 is 1.25 bits per heavy atom. The number of nitrogens with zero attached hydrogens (tertiary/aromatic N) is 1. The lowest BCUT2D eigenvalue weighted by Crippen LogP contribution is -2.30. The van der Waals surface area contributed by atoms with E-state index in [1.807, 2.05) is 6.92 Å². The molecule has 0 aromatic heterocycles. The zero-order valence-electron chi connectivity index (χ0n) is 11.4. The second-order valence-electron chi connectivity index (χ2n) is 4.59. The van der Waals surface area contributed by atoms with E-state index < -0.39 is 5.82 Å². The number of phenolic OH excluding ortho intramolecular Hbond substituents is 1. The van der Waals surface area contributed by atoms with Crippen molar-refractivity contribution in [2.75, 3.05) is 11.4 Å². The van der Waals surface area contributed by atoms with E-state index in [2.05, 4.69) is 0 Å². The van der Waals surface area contributed by atoms with Crippen LogP contribution in [0.25, 0.3) is 0 Å². The lowest BCUT2D eigenvalue weighted by atomic mass is 10.1. The fourth-order valence-electron chi connectivity index (χ4n) is 2.12. The van der Waals surface area contributed by atoms with E-state index in [0.717, 1.165) is 0 Å². The van der Waals surface area contributed by atoms with Crippen LogP contribution >= 0.6 is 0 Å². The number of benzene rings is 2. The number of carbonyl (C=O) groups is 1. The molecule has 2 aromatic carbocycles. The SMILES string of the molecule is CCN(C(=O)c1cc(C)cc(F)c1)c1cccc(O)c1. The van der Waals surface area contributed by atoms with Crippen LogP contribution in [-0.2, 0) is 0 Å². The third kappa shape index (κ3) is 2.96. The van der Waals surface area contributed by atoms with Gasteiger partial charge in [-0.15, -0.1) is 0 Å². The van der Waals surface area contributed by atoms with Crippen LogP contribution in [0.4, 0.5) is 10.1 Å². The lowest BCUT2D eigenvalue weighted by Gasteiger charge is -2.21. The first-order valence-electron chi connectivity index (χ1n) is 6.39. The summed E-state index contributed by atoms with van der Waals surface area (Å²) >= 11 is 0. The molecule has 0 spiro atoms. The van der Waals surface area contributed by atoms with E-state index in [0.29, 0.717) is 23.4 Å². The molecule has 0 unspecified atom stereocenters. The highest BCUT2D eigenvalue weighted by Crippen LogP contribution is 2.22. The highest BCUT2D eigenvalue weighted by Gasteiger charge is 2.17. The fourth-order valence-corrected chi connectivity index (χ4v) is 2.12. The van der Waals surface area contributed by atoms with Crippen LogP contribution in [0, 0.1) is 12.7 Å². The lowest BCUT2D eigenvalue weighted by molar-refractivity contribution is 0.0988. The minimum Gasteiger partial charge on any atom is -0.508 e. The third-order valence-electron chi connectivity index (χ3n) is 2.99. The van der Waals surface area contributed by atoms with Crippen molar-refractivity contribution in [3.05, 3.63) is 59.4 Å². The number of rotatable bonds is 3. The van der Waals surface area contributed by atoms with Crippen LogP contribution in [0.2, 0.25) is 0 Å². The van der Waals surface area contributed by atoms with E-state index in [4.69, 9.17) is 0 Å². The van der Waals surface area contributed by atoms with Crippen LogP contribution in [-0.4, -0.2) is 17.6 Å². The van der Waals surface area contributed by atoms with Crippen molar-refractivity contribution in [3.63, 3.8) is 0 Å². The second kappa shape index (κ2) is 5.74. The largest absolute Gasteiger partial charge is 0.508 e. The topological polar surface area (TPSA) is 40.5 Å². The maximum atomic E-state index is 13.4. The van der Waals surface area contributed by atoms with Gasteiger partial charge in [-0.05, 0) is 49.7 Å². The number of aromatic hydroxyl groups is 1. The zero-order valence-corrected chi connectivity index (χ0v) is 11.4. The molecule has 0 saturated carbocycles. The van der Waals surface area contributed by atoms with Gasteiger partial charge in [-0.2, -0.15) is 0 Å². The molecule has 2 aromatic rings. The molecule has 0 radical (unpaired) electrons. The summed E-state index contributed by atoms with van der Waals surface area (Å²) in [5, 5.41) is 9.50. The first-order valence-corrected chi connectivity index (χ1v) is 6.39. The molecule has 0 fully saturated rings. The van der Waals surface area contributed by atoms with Gasteiger partial charge in [0, 0.05) is 23.9 Å². The van der Waals surface area contributed by atoms with Crippen molar-refractivity contribution in [1.82, 2.24) is 0 Å².